The lowest BCUT2D eigenvalue weighted by atomic mass is 9.96. The van der Waals surface area contributed by atoms with E-state index in [9.17, 15) is 5.11 Å². The molecule has 3 nitrogen and oxygen atoms in total. The Kier molecular flexibility index (Phi) is 4.29. The van der Waals surface area contributed by atoms with Gasteiger partial charge < -0.3 is 9.84 Å². The molecule has 0 amide bonds. The molecule has 2 aromatic rings. The normalized spacial score (nSPS) is 13.4. The molecule has 0 saturated carbocycles. The maximum absolute atomic E-state index is 10.3. The number of phenols is 1. The lowest BCUT2D eigenvalue weighted by molar-refractivity contribution is 0.371. The molecule has 1 heterocycles. The van der Waals surface area contributed by atoms with Crippen LogP contribution in [0.25, 0.3) is 11.3 Å². The summed E-state index contributed by atoms with van der Waals surface area (Å²) in [4.78, 5) is 4.55. The van der Waals surface area contributed by atoms with Crippen LogP contribution in [0.15, 0.2) is 60.1 Å². The Morgan fingerprint density at radius 2 is 2.00 bits per heavy atom. The first-order valence-corrected chi connectivity index (χ1v) is 7.57. The summed E-state index contributed by atoms with van der Waals surface area (Å²) in [5.41, 5.74) is 5.03. The topological polar surface area (TPSA) is 41.8 Å². The number of methoxy groups -OCH3 is 1. The van der Waals surface area contributed by atoms with E-state index in [1.165, 1.54) is 0 Å². The fraction of sp³-hybridized carbons (Fsp3) is 0.150. The van der Waals surface area contributed by atoms with Crippen molar-refractivity contribution in [1.82, 2.24) is 0 Å². The Balaban J connectivity index is 2.14. The molecule has 3 rings (SSSR count). The van der Waals surface area contributed by atoms with Crippen molar-refractivity contribution in [2.45, 2.75) is 12.8 Å². The highest BCUT2D eigenvalue weighted by Crippen LogP contribution is 2.39. The minimum atomic E-state index is 0.178. The molecular formula is C20H19NO2. The minimum absolute atomic E-state index is 0.178. The van der Waals surface area contributed by atoms with Crippen molar-refractivity contribution in [2.24, 2.45) is 4.99 Å². The fourth-order valence-corrected chi connectivity index (χ4v) is 2.81. The SMILES string of the molecule is C=CCc1cc(C2=C(c3ccccc3)N=CC2)cc(OC)c1O. The van der Waals surface area contributed by atoms with Gasteiger partial charge in [-0.15, -0.1) is 6.58 Å². The summed E-state index contributed by atoms with van der Waals surface area (Å²) >= 11 is 0. The second-order valence-electron chi connectivity index (χ2n) is 5.39. The third kappa shape index (κ3) is 2.90. The van der Waals surface area contributed by atoms with Crippen molar-refractivity contribution in [3.05, 3.63) is 71.8 Å². The quantitative estimate of drug-likeness (QED) is 0.828. The third-order valence-electron chi connectivity index (χ3n) is 3.94. The molecular weight excluding hydrogens is 286 g/mol. The number of hydrogen-bond donors (Lipinski definition) is 1. The second-order valence-corrected chi connectivity index (χ2v) is 5.39. The smallest absolute Gasteiger partial charge is 0.161 e. The number of hydrogen-bond acceptors (Lipinski definition) is 3. The number of phenolic OH excluding ortho intramolecular Hbond substituents is 1. The molecule has 0 unspecified atom stereocenters. The summed E-state index contributed by atoms with van der Waals surface area (Å²) in [5, 5.41) is 10.3. The van der Waals surface area contributed by atoms with Gasteiger partial charge in [-0.3, -0.25) is 4.99 Å². The van der Waals surface area contributed by atoms with Crippen molar-refractivity contribution < 1.29 is 9.84 Å². The molecule has 1 aliphatic rings. The number of nitrogens with zero attached hydrogens (tertiary/aromatic N) is 1. The maximum Gasteiger partial charge on any atom is 0.161 e. The first-order chi connectivity index (χ1) is 11.2. The van der Waals surface area contributed by atoms with Crippen LogP contribution in [0.4, 0.5) is 0 Å². The number of ether oxygens (including phenoxy) is 1. The highest BCUT2D eigenvalue weighted by Gasteiger charge is 2.18. The molecule has 3 heteroatoms. The molecule has 0 fully saturated rings. The Bertz CT molecular complexity index is 789. The number of aliphatic imine (C=N–C) groups is 1. The van der Waals surface area contributed by atoms with Crippen LogP contribution in [-0.4, -0.2) is 18.4 Å². The van der Waals surface area contributed by atoms with Gasteiger partial charge in [-0.2, -0.15) is 0 Å². The van der Waals surface area contributed by atoms with E-state index in [-0.39, 0.29) is 5.75 Å². The summed E-state index contributed by atoms with van der Waals surface area (Å²) in [6.45, 7) is 3.75. The van der Waals surface area contributed by atoms with Crippen LogP contribution in [0.1, 0.15) is 23.1 Å². The highest BCUT2D eigenvalue weighted by atomic mass is 16.5. The van der Waals surface area contributed by atoms with E-state index in [1.807, 2.05) is 36.5 Å². The van der Waals surface area contributed by atoms with Crippen LogP contribution in [0.3, 0.4) is 0 Å². The maximum atomic E-state index is 10.3. The third-order valence-corrected chi connectivity index (χ3v) is 3.94. The Hall–Kier alpha value is -2.81. The lowest BCUT2D eigenvalue weighted by Gasteiger charge is -2.13. The van der Waals surface area contributed by atoms with Gasteiger partial charge in [0.25, 0.3) is 0 Å². The van der Waals surface area contributed by atoms with E-state index >= 15 is 0 Å². The summed E-state index contributed by atoms with van der Waals surface area (Å²) in [6.07, 6.45) is 5.05. The minimum Gasteiger partial charge on any atom is -0.504 e. The van der Waals surface area contributed by atoms with Crippen molar-refractivity contribution in [3.8, 4) is 11.5 Å². The van der Waals surface area contributed by atoms with E-state index in [0.29, 0.717) is 12.2 Å². The van der Waals surface area contributed by atoms with Crippen molar-refractivity contribution in [2.75, 3.05) is 7.11 Å². The average Bonchev–Trinajstić information content (AvgIpc) is 3.07. The molecule has 1 N–H and O–H groups in total. The predicted molar refractivity (Wildman–Crippen MR) is 94.9 cm³/mol. The monoisotopic (exact) mass is 305 g/mol. The van der Waals surface area contributed by atoms with Crippen LogP contribution in [0, 0.1) is 0 Å². The Morgan fingerprint density at radius 3 is 2.70 bits per heavy atom. The summed E-state index contributed by atoms with van der Waals surface area (Å²) in [5.74, 6) is 0.656. The first-order valence-electron chi connectivity index (χ1n) is 7.57. The van der Waals surface area contributed by atoms with Crippen molar-refractivity contribution >= 4 is 17.5 Å². The molecule has 23 heavy (non-hydrogen) atoms. The van der Waals surface area contributed by atoms with Gasteiger partial charge in [0, 0.05) is 23.8 Å². The summed E-state index contributed by atoms with van der Waals surface area (Å²) in [7, 11) is 1.56. The molecule has 116 valence electrons. The van der Waals surface area contributed by atoms with Gasteiger partial charge >= 0.3 is 0 Å². The van der Waals surface area contributed by atoms with Crippen LogP contribution < -0.4 is 4.74 Å². The first kappa shape index (κ1) is 15.1. The zero-order valence-electron chi connectivity index (χ0n) is 13.1. The van der Waals surface area contributed by atoms with Gasteiger partial charge in [0.1, 0.15) is 0 Å². The molecule has 1 aliphatic heterocycles. The molecule has 0 spiro atoms. The van der Waals surface area contributed by atoms with E-state index in [2.05, 4.69) is 23.7 Å². The molecule has 2 aromatic carbocycles. The highest BCUT2D eigenvalue weighted by molar-refractivity contribution is 6.02. The number of rotatable bonds is 5. The summed E-state index contributed by atoms with van der Waals surface area (Å²) < 4.78 is 5.33. The molecule has 0 aliphatic carbocycles. The molecule has 0 bridgehead atoms. The largest absolute Gasteiger partial charge is 0.504 e. The Morgan fingerprint density at radius 1 is 1.22 bits per heavy atom. The zero-order valence-corrected chi connectivity index (χ0v) is 13.1. The number of allylic oxidation sites excluding steroid dienone is 2. The molecule has 0 atom stereocenters. The van der Waals surface area contributed by atoms with E-state index in [4.69, 9.17) is 4.74 Å². The van der Waals surface area contributed by atoms with Gasteiger partial charge in [-0.1, -0.05) is 36.4 Å². The zero-order chi connectivity index (χ0) is 16.2. The van der Waals surface area contributed by atoms with Crippen LogP contribution in [0.5, 0.6) is 11.5 Å². The summed E-state index contributed by atoms with van der Waals surface area (Å²) in [6, 6.07) is 14.0. The fourth-order valence-electron chi connectivity index (χ4n) is 2.81. The second kappa shape index (κ2) is 6.53. The molecule has 0 saturated heterocycles. The standard InChI is InChI=1S/C20H19NO2/c1-3-7-15-12-16(13-18(23-2)20(15)22)17-10-11-21-19(17)14-8-5-4-6-9-14/h3-6,8-9,11-13,22H,1,7,10H2,2H3. The Labute approximate surface area is 136 Å². The van der Waals surface area contributed by atoms with Gasteiger partial charge in [-0.25, -0.2) is 0 Å². The van der Waals surface area contributed by atoms with Crippen LogP contribution in [0.2, 0.25) is 0 Å². The van der Waals surface area contributed by atoms with E-state index in [0.717, 1.165) is 34.4 Å². The van der Waals surface area contributed by atoms with E-state index in [1.54, 1.807) is 13.2 Å². The van der Waals surface area contributed by atoms with Crippen molar-refractivity contribution in [1.29, 1.82) is 0 Å². The average molecular weight is 305 g/mol. The van der Waals surface area contributed by atoms with Crippen molar-refractivity contribution in [3.63, 3.8) is 0 Å². The predicted octanol–water partition coefficient (Wildman–Crippen LogP) is 4.47. The van der Waals surface area contributed by atoms with Crippen LogP contribution >= 0.6 is 0 Å². The van der Waals surface area contributed by atoms with Crippen LogP contribution in [-0.2, 0) is 6.42 Å². The van der Waals surface area contributed by atoms with Gasteiger partial charge in [-0.05, 0) is 29.7 Å². The van der Waals surface area contributed by atoms with Gasteiger partial charge in [0.15, 0.2) is 11.5 Å². The molecule has 0 aromatic heterocycles. The number of benzene rings is 2. The number of aromatic hydroxyl groups is 1. The van der Waals surface area contributed by atoms with Gasteiger partial charge in [0.2, 0.25) is 0 Å². The van der Waals surface area contributed by atoms with E-state index < -0.39 is 0 Å². The lowest BCUT2D eigenvalue weighted by Crippen LogP contribution is -1.94. The molecule has 0 radical (unpaired) electrons. The van der Waals surface area contributed by atoms with Gasteiger partial charge in [0.05, 0.1) is 12.8 Å².